The Morgan fingerprint density at radius 2 is 1.95 bits per heavy atom. The zero-order valence-electron chi connectivity index (χ0n) is 11.1. The number of nitrogens with zero attached hydrogens (tertiary/aromatic N) is 2. The number of piperidine rings is 1. The van der Waals surface area contributed by atoms with Crippen LogP contribution in [0.4, 0.5) is 10.1 Å². The SMILES string of the molecule is Fc1cccc(Cl)c1N1CCCN2CCCCC2C1. The Bertz CT molecular complexity index is 432. The highest BCUT2D eigenvalue weighted by molar-refractivity contribution is 6.33. The molecule has 0 radical (unpaired) electrons. The van der Waals surface area contributed by atoms with Crippen molar-refractivity contribution < 1.29 is 4.39 Å². The van der Waals surface area contributed by atoms with E-state index >= 15 is 0 Å². The molecule has 2 fully saturated rings. The molecular weight excluding hydrogens is 263 g/mol. The summed E-state index contributed by atoms with van der Waals surface area (Å²) in [6, 6.07) is 5.52. The number of benzene rings is 1. The van der Waals surface area contributed by atoms with Crippen molar-refractivity contribution in [3.05, 3.63) is 29.0 Å². The number of hydrogen-bond donors (Lipinski definition) is 0. The molecule has 2 nitrogen and oxygen atoms in total. The quantitative estimate of drug-likeness (QED) is 0.777. The van der Waals surface area contributed by atoms with E-state index in [0.717, 1.165) is 26.1 Å². The molecule has 1 aromatic rings. The minimum absolute atomic E-state index is 0.197. The number of anilines is 1. The van der Waals surface area contributed by atoms with E-state index in [1.54, 1.807) is 12.1 Å². The lowest BCUT2D eigenvalue weighted by Gasteiger charge is -2.36. The zero-order chi connectivity index (χ0) is 13.2. The van der Waals surface area contributed by atoms with Crippen molar-refractivity contribution in [3.8, 4) is 0 Å². The molecular formula is C15H20ClFN2. The van der Waals surface area contributed by atoms with E-state index in [1.807, 2.05) is 0 Å². The van der Waals surface area contributed by atoms with Gasteiger partial charge in [0.25, 0.3) is 0 Å². The van der Waals surface area contributed by atoms with Gasteiger partial charge in [-0.05, 0) is 37.9 Å². The van der Waals surface area contributed by atoms with E-state index in [-0.39, 0.29) is 5.82 Å². The standard InChI is InChI=1S/C15H20ClFN2/c16-13-6-3-7-14(17)15(13)19-10-4-9-18-8-2-1-5-12(18)11-19/h3,6-7,12H,1-2,4-5,8-11H2. The number of para-hydroxylation sites is 1. The van der Waals surface area contributed by atoms with Crippen LogP contribution in [0.25, 0.3) is 0 Å². The van der Waals surface area contributed by atoms with E-state index in [1.165, 1.54) is 31.9 Å². The number of fused-ring (bicyclic) bond motifs is 1. The maximum atomic E-state index is 14.1. The minimum Gasteiger partial charge on any atom is -0.366 e. The van der Waals surface area contributed by atoms with E-state index in [9.17, 15) is 4.39 Å². The van der Waals surface area contributed by atoms with E-state index in [2.05, 4.69) is 9.80 Å². The van der Waals surface area contributed by atoms with Gasteiger partial charge in [-0.25, -0.2) is 4.39 Å². The summed E-state index contributed by atoms with van der Waals surface area (Å²) in [6.45, 7) is 4.13. The summed E-state index contributed by atoms with van der Waals surface area (Å²) in [7, 11) is 0. The van der Waals surface area contributed by atoms with Crippen molar-refractivity contribution in [2.75, 3.05) is 31.1 Å². The molecule has 0 spiro atoms. The van der Waals surface area contributed by atoms with Crippen molar-refractivity contribution in [3.63, 3.8) is 0 Å². The Kier molecular flexibility index (Phi) is 3.94. The molecule has 0 saturated carbocycles. The van der Waals surface area contributed by atoms with Crippen molar-refractivity contribution in [1.29, 1.82) is 0 Å². The zero-order valence-corrected chi connectivity index (χ0v) is 11.9. The summed E-state index contributed by atoms with van der Waals surface area (Å²) in [5.74, 6) is -0.197. The summed E-state index contributed by atoms with van der Waals surface area (Å²) < 4.78 is 14.1. The Balaban J connectivity index is 1.84. The monoisotopic (exact) mass is 282 g/mol. The molecule has 1 atom stereocenters. The Morgan fingerprint density at radius 1 is 1.11 bits per heavy atom. The highest BCUT2D eigenvalue weighted by atomic mass is 35.5. The minimum atomic E-state index is -0.197. The van der Waals surface area contributed by atoms with Gasteiger partial charge in [0, 0.05) is 25.7 Å². The van der Waals surface area contributed by atoms with Crippen molar-refractivity contribution in [2.24, 2.45) is 0 Å². The normalized spacial score (nSPS) is 24.9. The molecule has 0 amide bonds. The summed E-state index contributed by atoms with van der Waals surface area (Å²) in [5.41, 5.74) is 0.594. The molecule has 104 valence electrons. The Hall–Kier alpha value is -0.800. The van der Waals surface area contributed by atoms with Gasteiger partial charge in [-0.3, -0.25) is 4.90 Å². The third kappa shape index (κ3) is 2.72. The fourth-order valence-corrected chi connectivity index (χ4v) is 3.65. The first kappa shape index (κ1) is 13.2. The molecule has 3 rings (SSSR count). The van der Waals surface area contributed by atoms with Gasteiger partial charge in [-0.1, -0.05) is 24.1 Å². The highest BCUT2D eigenvalue weighted by Crippen LogP contribution is 2.31. The smallest absolute Gasteiger partial charge is 0.148 e. The maximum Gasteiger partial charge on any atom is 0.148 e. The van der Waals surface area contributed by atoms with E-state index in [4.69, 9.17) is 11.6 Å². The third-order valence-electron chi connectivity index (χ3n) is 4.31. The van der Waals surface area contributed by atoms with Gasteiger partial charge in [0.2, 0.25) is 0 Å². The van der Waals surface area contributed by atoms with Crippen LogP contribution in [0.5, 0.6) is 0 Å². The first-order valence-electron chi connectivity index (χ1n) is 7.19. The van der Waals surface area contributed by atoms with Crippen molar-refractivity contribution in [2.45, 2.75) is 31.7 Å². The summed E-state index contributed by atoms with van der Waals surface area (Å²) in [6.07, 6.45) is 4.90. The molecule has 19 heavy (non-hydrogen) atoms. The molecule has 2 aliphatic rings. The molecule has 1 unspecified atom stereocenters. The van der Waals surface area contributed by atoms with Gasteiger partial charge in [-0.15, -0.1) is 0 Å². The molecule has 2 heterocycles. The molecule has 1 aromatic carbocycles. The fraction of sp³-hybridized carbons (Fsp3) is 0.600. The van der Waals surface area contributed by atoms with Crippen molar-refractivity contribution >= 4 is 17.3 Å². The molecule has 4 heteroatoms. The van der Waals surface area contributed by atoms with Crippen LogP contribution in [-0.2, 0) is 0 Å². The first-order chi connectivity index (χ1) is 9.25. The first-order valence-corrected chi connectivity index (χ1v) is 7.56. The van der Waals surface area contributed by atoms with Crippen LogP contribution in [0.15, 0.2) is 18.2 Å². The number of hydrogen-bond acceptors (Lipinski definition) is 2. The second kappa shape index (κ2) is 5.68. The van der Waals surface area contributed by atoms with Crippen LogP contribution >= 0.6 is 11.6 Å². The average Bonchev–Trinajstić information content (AvgIpc) is 2.60. The van der Waals surface area contributed by atoms with Gasteiger partial charge in [-0.2, -0.15) is 0 Å². The fourth-order valence-electron chi connectivity index (χ4n) is 3.37. The molecule has 2 saturated heterocycles. The van der Waals surface area contributed by atoms with E-state index < -0.39 is 0 Å². The van der Waals surface area contributed by atoms with Crippen LogP contribution in [0.3, 0.4) is 0 Å². The average molecular weight is 283 g/mol. The largest absolute Gasteiger partial charge is 0.366 e. The highest BCUT2D eigenvalue weighted by Gasteiger charge is 2.28. The lowest BCUT2D eigenvalue weighted by atomic mass is 10.0. The second-order valence-corrected chi connectivity index (χ2v) is 5.96. The molecule has 0 N–H and O–H groups in total. The van der Waals surface area contributed by atoms with Crippen LogP contribution in [0.1, 0.15) is 25.7 Å². The van der Waals surface area contributed by atoms with Gasteiger partial charge in [0.1, 0.15) is 5.82 Å². The van der Waals surface area contributed by atoms with Gasteiger partial charge < -0.3 is 4.90 Å². The lowest BCUT2D eigenvalue weighted by Crippen LogP contribution is -2.44. The summed E-state index contributed by atoms with van der Waals surface area (Å²) >= 11 is 6.20. The summed E-state index contributed by atoms with van der Waals surface area (Å²) in [4.78, 5) is 4.71. The number of rotatable bonds is 1. The Labute approximate surface area is 119 Å². The van der Waals surface area contributed by atoms with E-state index in [0.29, 0.717) is 16.8 Å². The molecule has 0 bridgehead atoms. The van der Waals surface area contributed by atoms with Crippen LogP contribution < -0.4 is 4.90 Å². The predicted molar refractivity (Wildman–Crippen MR) is 77.5 cm³/mol. The van der Waals surface area contributed by atoms with Crippen molar-refractivity contribution in [1.82, 2.24) is 4.90 Å². The molecule has 2 aliphatic heterocycles. The molecule has 0 aromatic heterocycles. The third-order valence-corrected chi connectivity index (χ3v) is 4.61. The number of halogens is 2. The van der Waals surface area contributed by atoms with Gasteiger partial charge in [0.05, 0.1) is 10.7 Å². The molecule has 0 aliphatic carbocycles. The Morgan fingerprint density at radius 3 is 2.79 bits per heavy atom. The maximum absolute atomic E-state index is 14.1. The predicted octanol–water partition coefficient (Wildman–Crippen LogP) is 3.54. The lowest BCUT2D eigenvalue weighted by molar-refractivity contribution is 0.162. The summed E-state index contributed by atoms with van der Waals surface area (Å²) in [5, 5.41) is 0.532. The van der Waals surface area contributed by atoms with Gasteiger partial charge in [0.15, 0.2) is 0 Å². The topological polar surface area (TPSA) is 6.48 Å². The van der Waals surface area contributed by atoms with Crippen LogP contribution in [-0.4, -0.2) is 37.1 Å². The van der Waals surface area contributed by atoms with Crippen LogP contribution in [0, 0.1) is 5.82 Å². The van der Waals surface area contributed by atoms with Crippen LogP contribution in [0.2, 0.25) is 5.02 Å². The van der Waals surface area contributed by atoms with Gasteiger partial charge >= 0.3 is 0 Å². The second-order valence-electron chi connectivity index (χ2n) is 5.56.